The Morgan fingerprint density at radius 3 is 2.61 bits per heavy atom. The maximum atomic E-state index is 11.9. The normalized spacial score (nSPS) is 25.3. The van der Waals surface area contributed by atoms with E-state index in [-0.39, 0.29) is 13.2 Å². The Bertz CT molecular complexity index is 775. The molecule has 1 aliphatic rings. The Morgan fingerprint density at radius 2 is 1.96 bits per heavy atom. The Morgan fingerprint density at radius 1 is 1.25 bits per heavy atom. The van der Waals surface area contributed by atoms with Gasteiger partial charge in [-0.3, -0.25) is 18.9 Å². The van der Waals surface area contributed by atoms with Gasteiger partial charge in [0.25, 0.3) is 5.56 Å². The quantitative estimate of drug-likeness (QED) is 0.258. The van der Waals surface area contributed by atoms with E-state index in [2.05, 4.69) is 4.52 Å². The van der Waals surface area contributed by atoms with Crippen molar-refractivity contribution in [1.82, 2.24) is 9.55 Å². The average Bonchev–Trinajstić information content (AvgIpc) is 2.89. The molecule has 1 aromatic rings. The topological polar surface area (TPSA) is 170 Å². The number of unbranched alkanes of at least 4 members (excludes halogenated alkanes) is 1. The molecule has 4 atom stereocenters. The summed E-state index contributed by atoms with van der Waals surface area (Å²) >= 11 is 0. The number of nitrogens with one attached hydrogen (secondary N) is 1. The fourth-order valence-corrected chi connectivity index (χ4v) is 3.24. The van der Waals surface area contributed by atoms with Gasteiger partial charge in [0.15, 0.2) is 6.23 Å². The highest BCUT2D eigenvalue weighted by molar-refractivity contribution is 7.46. The van der Waals surface area contributed by atoms with Crippen LogP contribution in [0.25, 0.3) is 0 Å². The molecule has 0 spiro atoms. The lowest BCUT2D eigenvalue weighted by molar-refractivity contribution is -0.0735. The van der Waals surface area contributed by atoms with E-state index in [9.17, 15) is 19.3 Å². The zero-order chi connectivity index (χ0) is 20.7. The fourth-order valence-electron chi connectivity index (χ4n) is 2.67. The molecule has 0 aliphatic carbocycles. The van der Waals surface area contributed by atoms with Crippen molar-refractivity contribution in [2.45, 2.75) is 44.3 Å². The number of aromatic nitrogens is 2. The molecule has 13 heteroatoms. The Hall–Kier alpha value is -1.37. The van der Waals surface area contributed by atoms with Crippen LogP contribution in [0.15, 0.2) is 21.9 Å². The Kier molecular flexibility index (Phi) is 8.53. The van der Waals surface area contributed by atoms with Crippen LogP contribution in [0, 0.1) is 0 Å². The fraction of sp³-hybridized carbons (Fsp3) is 0.733. The zero-order valence-electron chi connectivity index (χ0n) is 15.3. The number of phosphoric acid groups is 1. The molecule has 1 aliphatic heterocycles. The molecule has 0 bridgehead atoms. The average molecular weight is 424 g/mol. The van der Waals surface area contributed by atoms with Crippen LogP contribution in [0.3, 0.4) is 0 Å². The molecule has 0 saturated carbocycles. The first-order chi connectivity index (χ1) is 13.2. The molecule has 28 heavy (non-hydrogen) atoms. The van der Waals surface area contributed by atoms with Gasteiger partial charge in [-0.1, -0.05) is 13.3 Å². The lowest BCUT2D eigenvalue weighted by Gasteiger charge is -2.21. The lowest BCUT2D eigenvalue weighted by Crippen LogP contribution is -2.38. The second kappa shape index (κ2) is 10.4. The number of nitrogens with zero attached hydrogens (tertiary/aromatic N) is 1. The van der Waals surface area contributed by atoms with Gasteiger partial charge >= 0.3 is 13.5 Å². The van der Waals surface area contributed by atoms with E-state index < -0.39 is 43.6 Å². The number of phosphoric ester groups is 1. The minimum absolute atomic E-state index is 0.159. The SMILES string of the molecule is CCCCOCCOC[C@H]1O[C@@H](n2ccc(=O)[nH]c2=O)[C@H](O)[C@@H]1OP(=O)(O)O. The summed E-state index contributed by atoms with van der Waals surface area (Å²) < 4.78 is 33.0. The van der Waals surface area contributed by atoms with Gasteiger partial charge in [0.2, 0.25) is 0 Å². The van der Waals surface area contributed by atoms with E-state index in [1.165, 1.54) is 0 Å². The van der Waals surface area contributed by atoms with Crippen LogP contribution >= 0.6 is 7.82 Å². The van der Waals surface area contributed by atoms with Crippen molar-refractivity contribution < 1.29 is 38.2 Å². The van der Waals surface area contributed by atoms with E-state index in [0.717, 1.165) is 29.7 Å². The monoisotopic (exact) mass is 424 g/mol. The van der Waals surface area contributed by atoms with Crippen LogP contribution in [0.4, 0.5) is 0 Å². The predicted molar refractivity (Wildman–Crippen MR) is 94.7 cm³/mol. The summed E-state index contributed by atoms with van der Waals surface area (Å²) in [5, 5.41) is 10.4. The minimum Gasteiger partial charge on any atom is -0.386 e. The largest absolute Gasteiger partial charge is 0.470 e. The summed E-state index contributed by atoms with van der Waals surface area (Å²) in [6.07, 6.45) is -2.41. The predicted octanol–water partition coefficient (Wildman–Crippen LogP) is -0.894. The van der Waals surface area contributed by atoms with Gasteiger partial charge < -0.3 is 29.1 Å². The van der Waals surface area contributed by atoms with Crippen LogP contribution in [-0.2, 0) is 23.3 Å². The van der Waals surface area contributed by atoms with Gasteiger partial charge in [0.05, 0.1) is 19.8 Å². The van der Waals surface area contributed by atoms with Crippen molar-refractivity contribution in [3.63, 3.8) is 0 Å². The number of H-pyrrole nitrogens is 1. The van der Waals surface area contributed by atoms with E-state index >= 15 is 0 Å². The highest BCUT2D eigenvalue weighted by atomic mass is 31.2. The molecule has 0 radical (unpaired) electrons. The summed E-state index contributed by atoms with van der Waals surface area (Å²) in [5.74, 6) is 0. The van der Waals surface area contributed by atoms with E-state index in [1.54, 1.807) is 0 Å². The molecule has 2 rings (SSSR count). The zero-order valence-corrected chi connectivity index (χ0v) is 16.2. The number of hydrogen-bond donors (Lipinski definition) is 4. The summed E-state index contributed by atoms with van der Waals surface area (Å²) in [4.78, 5) is 43.3. The molecule has 1 saturated heterocycles. The standard InChI is InChI=1S/C15H25N2O10P/c1-2-3-6-24-7-8-25-9-10-13(27-28(21,22)23)12(19)14(26-10)17-5-4-11(18)16-15(17)20/h4-5,10,12-14,19H,2-3,6-9H2,1H3,(H,16,18,20)(H2,21,22,23)/t10-,12-,13-,14-/m1/s1. The van der Waals surface area contributed by atoms with Gasteiger partial charge in [0, 0.05) is 18.9 Å². The van der Waals surface area contributed by atoms with E-state index in [1.807, 2.05) is 11.9 Å². The summed E-state index contributed by atoms with van der Waals surface area (Å²) in [6, 6.07) is 1.05. The number of rotatable bonds is 11. The molecule has 12 nitrogen and oxygen atoms in total. The maximum absolute atomic E-state index is 11.9. The van der Waals surface area contributed by atoms with E-state index in [0.29, 0.717) is 13.2 Å². The molecule has 4 N–H and O–H groups in total. The summed E-state index contributed by atoms with van der Waals surface area (Å²) in [6.45, 7) is 2.99. The molecule has 160 valence electrons. The Labute approximate surface area is 160 Å². The van der Waals surface area contributed by atoms with Gasteiger partial charge in [-0.2, -0.15) is 0 Å². The summed E-state index contributed by atoms with van der Waals surface area (Å²) in [5.41, 5.74) is -1.49. The van der Waals surface area contributed by atoms with Gasteiger partial charge in [-0.05, 0) is 6.42 Å². The number of aliphatic hydroxyl groups is 1. The third-order valence-corrected chi connectivity index (χ3v) is 4.51. The van der Waals surface area contributed by atoms with Crippen LogP contribution in [0.5, 0.6) is 0 Å². The van der Waals surface area contributed by atoms with Crippen LogP contribution in [0.1, 0.15) is 26.0 Å². The molecular weight excluding hydrogens is 399 g/mol. The van der Waals surface area contributed by atoms with Crippen molar-refractivity contribution in [1.29, 1.82) is 0 Å². The number of aliphatic hydroxyl groups excluding tert-OH is 1. The third kappa shape index (κ3) is 6.61. The first-order valence-electron chi connectivity index (χ1n) is 8.77. The highest BCUT2D eigenvalue weighted by Crippen LogP contribution is 2.43. The van der Waals surface area contributed by atoms with Crippen LogP contribution in [0.2, 0.25) is 0 Å². The molecule has 0 unspecified atom stereocenters. The summed E-state index contributed by atoms with van der Waals surface area (Å²) in [7, 11) is -4.95. The molecule has 0 amide bonds. The first kappa shape index (κ1) is 22.9. The lowest BCUT2D eigenvalue weighted by atomic mass is 10.1. The third-order valence-electron chi connectivity index (χ3n) is 3.99. The number of aromatic amines is 1. The van der Waals surface area contributed by atoms with Crippen molar-refractivity contribution in [3.05, 3.63) is 33.1 Å². The molecule has 0 aromatic carbocycles. The Balaban J connectivity index is 2.03. The van der Waals surface area contributed by atoms with Crippen molar-refractivity contribution in [2.75, 3.05) is 26.4 Å². The second-order valence-electron chi connectivity index (χ2n) is 6.17. The highest BCUT2D eigenvalue weighted by Gasteiger charge is 2.48. The smallest absolute Gasteiger partial charge is 0.386 e. The number of hydrogen-bond acceptors (Lipinski definition) is 8. The first-order valence-corrected chi connectivity index (χ1v) is 10.3. The molecule has 2 heterocycles. The van der Waals surface area contributed by atoms with Crippen LogP contribution in [-0.4, -0.2) is 69.2 Å². The van der Waals surface area contributed by atoms with Crippen molar-refractivity contribution >= 4 is 7.82 Å². The minimum atomic E-state index is -4.95. The molecule has 1 aromatic heterocycles. The number of ether oxygens (including phenoxy) is 3. The van der Waals surface area contributed by atoms with Gasteiger partial charge in [-0.25, -0.2) is 9.36 Å². The van der Waals surface area contributed by atoms with Crippen molar-refractivity contribution in [2.24, 2.45) is 0 Å². The van der Waals surface area contributed by atoms with Crippen LogP contribution < -0.4 is 11.2 Å². The maximum Gasteiger partial charge on any atom is 0.470 e. The molecule has 1 fully saturated rings. The van der Waals surface area contributed by atoms with Crippen molar-refractivity contribution in [3.8, 4) is 0 Å². The van der Waals surface area contributed by atoms with E-state index in [4.69, 9.17) is 24.0 Å². The van der Waals surface area contributed by atoms with Gasteiger partial charge in [-0.15, -0.1) is 0 Å². The molecular formula is C15H25N2O10P. The second-order valence-corrected chi connectivity index (χ2v) is 7.37. The van der Waals surface area contributed by atoms with Gasteiger partial charge in [0.1, 0.15) is 18.3 Å².